The molecule has 3 rings (SSSR count). The maximum Gasteiger partial charge on any atom is 0.195 e. The van der Waals surface area contributed by atoms with Crippen molar-refractivity contribution in [2.75, 3.05) is 0 Å². The second-order valence-electron chi connectivity index (χ2n) is 4.50. The summed E-state index contributed by atoms with van der Waals surface area (Å²) < 4.78 is 5.69. The highest BCUT2D eigenvalue weighted by Gasteiger charge is 2.09. The van der Waals surface area contributed by atoms with Gasteiger partial charge in [-0.05, 0) is 53.9 Å². The van der Waals surface area contributed by atoms with Crippen molar-refractivity contribution in [3.63, 3.8) is 0 Å². The lowest BCUT2D eigenvalue weighted by atomic mass is 10.2. The summed E-state index contributed by atoms with van der Waals surface area (Å²) in [7, 11) is 0. The molecule has 0 saturated carbocycles. The van der Waals surface area contributed by atoms with Crippen LogP contribution in [0.15, 0.2) is 58.3 Å². The molecule has 0 amide bonds. The van der Waals surface area contributed by atoms with E-state index in [1.807, 2.05) is 11.4 Å². The molecule has 3 aromatic rings. The average Bonchev–Trinajstić information content (AvgIpc) is 3.18. The molecule has 0 spiro atoms. The van der Waals surface area contributed by atoms with Crippen molar-refractivity contribution in [3.8, 4) is 11.3 Å². The van der Waals surface area contributed by atoms with Crippen LogP contribution in [-0.2, 0) is 0 Å². The smallest absolute Gasteiger partial charge is 0.195 e. The van der Waals surface area contributed by atoms with Gasteiger partial charge in [0.1, 0.15) is 11.5 Å². The van der Waals surface area contributed by atoms with E-state index in [1.165, 1.54) is 17.4 Å². The molecule has 22 heavy (non-hydrogen) atoms. The van der Waals surface area contributed by atoms with Crippen molar-refractivity contribution in [2.45, 2.75) is 0 Å². The van der Waals surface area contributed by atoms with Gasteiger partial charge in [0.05, 0.1) is 9.90 Å². The molecule has 2 nitrogen and oxygen atoms in total. The Morgan fingerprint density at radius 3 is 2.77 bits per heavy atom. The zero-order chi connectivity index (χ0) is 15.5. The van der Waals surface area contributed by atoms with Gasteiger partial charge in [0, 0.05) is 10.6 Å². The second kappa shape index (κ2) is 6.53. The van der Waals surface area contributed by atoms with Gasteiger partial charge in [-0.1, -0.05) is 29.3 Å². The van der Waals surface area contributed by atoms with Gasteiger partial charge in [-0.15, -0.1) is 11.3 Å². The number of carbonyl (C=O) groups excluding carboxylic acids is 1. The molecule has 2 aromatic heterocycles. The van der Waals surface area contributed by atoms with Crippen LogP contribution in [0, 0.1) is 0 Å². The largest absolute Gasteiger partial charge is 0.457 e. The maximum absolute atomic E-state index is 11.9. The summed E-state index contributed by atoms with van der Waals surface area (Å²) in [5, 5.41) is 3.01. The topological polar surface area (TPSA) is 30.2 Å². The van der Waals surface area contributed by atoms with Gasteiger partial charge in [-0.3, -0.25) is 4.79 Å². The Balaban J connectivity index is 1.82. The van der Waals surface area contributed by atoms with E-state index < -0.39 is 0 Å². The Bertz CT molecular complexity index is 832. The number of benzene rings is 1. The summed E-state index contributed by atoms with van der Waals surface area (Å²) in [4.78, 5) is 12.6. The number of allylic oxidation sites excluding steroid dienone is 1. The molecule has 0 aliphatic carbocycles. The van der Waals surface area contributed by atoms with Crippen LogP contribution in [0.3, 0.4) is 0 Å². The normalized spacial score (nSPS) is 11.2. The van der Waals surface area contributed by atoms with Gasteiger partial charge < -0.3 is 4.42 Å². The van der Waals surface area contributed by atoms with Gasteiger partial charge in [-0.2, -0.15) is 0 Å². The Kier molecular flexibility index (Phi) is 4.48. The summed E-state index contributed by atoms with van der Waals surface area (Å²) in [6, 6.07) is 12.4. The predicted octanol–water partition coefficient (Wildman–Crippen LogP) is 6.21. The summed E-state index contributed by atoms with van der Waals surface area (Å²) in [5.74, 6) is 1.14. The maximum atomic E-state index is 11.9. The van der Waals surface area contributed by atoms with Crippen molar-refractivity contribution in [3.05, 3.63) is 74.6 Å². The third kappa shape index (κ3) is 3.33. The molecule has 1 aromatic carbocycles. The van der Waals surface area contributed by atoms with Crippen LogP contribution < -0.4 is 0 Å². The monoisotopic (exact) mass is 348 g/mol. The van der Waals surface area contributed by atoms with E-state index in [4.69, 9.17) is 27.6 Å². The SMILES string of the molecule is O=C(C=Cc1ccc(-c2cc(Cl)ccc2Cl)o1)c1cccs1. The summed E-state index contributed by atoms with van der Waals surface area (Å²) >= 11 is 13.5. The number of halogens is 2. The molecule has 5 heteroatoms. The fourth-order valence-corrected chi connectivity index (χ4v) is 2.96. The molecule has 2 heterocycles. The van der Waals surface area contributed by atoms with E-state index in [1.54, 1.807) is 42.5 Å². The number of hydrogen-bond acceptors (Lipinski definition) is 3. The minimum absolute atomic E-state index is 0.0475. The van der Waals surface area contributed by atoms with Crippen molar-refractivity contribution >= 4 is 46.4 Å². The quantitative estimate of drug-likeness (QED) is 0.414. The van der Waals surface area contributed by atoms with E-state index >= 15 is 0 Å². The second-order valence-corrected chi connectivity index (χ2v) is 6.29. The standard InChI is InChI=1S/C17H10Cl2O2S/c18-11-3-6-14(19)13(10-11)16-8-5-12(21-16)4-7-15(20)17-2-1-9-22-17/h1-10H. The Labute approximate surface area is 141 Å². The minimum Gasteiger partial charge on any atom is -0.457 e. The van der Waals surface area contributed by atoms with Crippen molar-refractivity contribution in [2.24, 2.45) is 0 Å². The lowest BCUT2D eigenvalue weighted by Crippen LogP contribution is -1.88. The van der Waals surface area contributed by atoms with Crippen LogP contribution in [0.5, 0.6) is 0 Å². The van der Waals surface area contributed by atoms with Crippen molar-refractivity contribution in [1.82, 2.24) is 0 Å². The highest BCUT2D eigenvalue weighted by atomic mass is 35.5. The van der Waals surface area contributed by atoms with Crippen molar-refractivity contribution in [1.29, 1.82) is 0 Å². The zero-order valence-corrected chi connectivity index (χ0v) is 13.6. The van der Waals surface area contributed by atoms with E-state index in [-0.39, 0.29) is 5.78 Å². The number of hydrogen-bond donors (Lipinski definition) is 0. The average molecular weight is 349 g/mol. The lowest BCUT2D eigenvalue weighted by Gasteiger charge is -2.00. The first-order chi connectivity index (χ1) is 10.6. The molecule has 0 N–H and O–H groups in total. The van der Waals surface area contributed by atoms with Crippen LogP contribution in [0.2, 0.25) is 10.0 Å². The Morgan fingerprint density at radius 1 is 1.14 bits per heavy atom. The first-order valence-corrected chi connectivity index (χ1v) is 8.08. The van der Waals surface area contributed by atoms with Gasteiger partial charge >= 0.3 is 0 Å². The van der Waals surface area contributed by atoms with E-state index in [0.29, 0.717) is 26.4 Å². The highest BCUT2D eigenvalue weighted by Crippen LogP contribution is 2.32. The lowest BCUT2D eigenvalue weighted by molar-refractivity contribution is 0.105. The Morgan fingerprint density at radius 2 is 2.00 bits per heavy atom. The van der Waals surface area contributed by atoms with Gasteiger partial charge in [0.25, 0.3) is 0 Å². The Hall–Kier alpha value is -1.81. The summed E-state index contributed by atoms with van der Waals surface area (Å²) in [6.45, 7) is 0. The van der Waals surface area contributed by atoms with Crippen LogP contribution >= 0.6 is 34.5 Å². The first-order valence-electron chi connectivity index (χ1n) is 6.44. The van der Waals surface area contributed by atoms with Gasteiger partial charge in [-0.25, -0.2) is 0 Å². The third-order valence-electron chi connectivity index (χ3n) is 2.98. The highest BCUT2D eigenvalue weighted by molar-refractivity contribution is 7.12. The van der Waals surface area contributed by atoms with Crippen LogP contribution in [0.25, 0.3) is 17.4 Å². The van der Waals surface area contributed by atoms with E-state index in [2.05, 4.69) is 0 Å². The van der Waals surface area contributed by atoms with Gasteiger partial charge in [0.2, 0.25) is 0 Å². The molecular formula is C17H10Cl2O2S. The van der Waals surface area contributed by atoms with Crippen LogP contribution in [-0.4, -0.2) is 5.78 Å². The predicted molar refractivity (Wildman–Crippen MR) is 91.8 cm³/mol. The fourth-order valence-electron chi connectivity index (χ4n) is 1.93. The van der Waals surface area contributed by atoms with E-state index in [9.17, 15) is 4.79 Å². The van der Waals surface area contributed by atoms with Crippen LogP contribution in [0.1, 0.15) is 15.4 Å². The number of rotatable bonds is 4. The molecule has 0 bridgehead atoms. The van der Waals surface area contributed by atoms with Gasteiger partial charge in [0.15, 0.2) is 5.78 Å². The molecule has 0 unspecified atom stereocenters. The van der Waals surface area contributed by atoms with E-state index in [0.717, 1.165) is 5.56 Å². The molecule has 0 saturated heterocycles. The third-order valence-corrected chi connectivity index (χ3v) is 4.43. The fraction of sp³-hybridized carbons (Fsp3) is 0. The number of carbonyl (C=O) groups is 1. The molecule has 0 fully saturated rings. The number of ketones is 1. The summed E-state index contributed by atoms with van der Waals surface area (Å²) in [6.07, 6.45) is 3.14. The summed E-state index contributed by atoms with van der Waals surface area (Å²) in [5.41, 5.74) is 0.721. The molecule has 0 atom stereocenters. The number of furan rings is 1. The molecular weight excluding hydrogens is 339 g/mol. The van der Waals surface area contributed by atoms with Crippen LogP contribution in [0.4, 0.5) is 0 Å². The first kappa shape index (κ1) is 15.1. The molecule has 110 valence electrons. The molecule has 0 radical (unpaired) electrons. The molecule has 0 aliphatic heterocycles. The molecule has 0 aliphatic rings. The zero-order valence-electron chi connectivity index (χ0n) is 11.3. The number of thiophene rings is 1. The minimum atomic E-state index is -0.0475. The van der Waals surface area contributed by atoms with Crippen molar-refractivity contribution < 1.29 is 9.21 Å².